The minimum absolute atomic E-state index is 0.241. The smallest absolute Gasteiger partial charge is 0.196 e. The van der Waals surface area contributed by atoms with Crippen molar-refractivity contribution in [3.05, 3.63) is 64.6 Å². The van der Waals surface area contributed by atoms with Crippen LogP contribution in [0.1, 0.15) is 15.9 Å². The third-order valence-corrected chi connectivity index (χ3v) is 3.46. The molecule has 1 heterocycles. The van der Waals surface area contributed by atoms with Gasteiger partial charge in [0.1, 0.15) is 5.82 Å². The maximum Gasteiger partial charge on any atom is 0.196 e. The highest BCUT2D eigenvalue weighted by molar-refractivity contribution is 6.35. The fraction of sp³-hybridized carbons (Fsp3) is 0. The van der Waals surface area contributed by atoms with Crippen LogP contribution in [-0.4, -0.2) is 10.8 Å². The standard InChI is InChI=1S/C15H10ClFN2O/c16-11-5-4-8(18)6-9(11)15(20)10-7-19-13-3-1-2-12(17)14(10)13/h1-7,19H,18H2. The molecule has 0 spiro atoms. The number of anilines is 1. The molecule has 0 amide bonds. The molecule has 3 nitrogen and oxygen atoms in total. The first-order valence-corrected chi connectivity index (χ1v) is 6.31. The number of aromatic nitrogens is 1. The minimum atomic E-state index is -0.452. The van der Waals surface area contributed by atoms with Crippen molar-refractivity contribution in [2.45, 2.75) is 0 Å². The molecule has 0 bridgehead atoms. The first-order valence-electron chi connectivity index (χ1n) is 5.93. The Kier molecular flexibility index (Phi) is 2.95. The van der Waals surface area contributed by atoms with Gasteiger partial charge in [0.2, 0.25) is 0 Å². The molecule has 0 saturated heterocycles. The summed E-state index contributed by atoms with van der Waals surface area (Å²) in [7, 11) is 0. The Morgan fingerprint density at radius 1 is 1.20 bits per heavy atom. The van der Waals surface area contributed by atoms with Crippen molar-refractivity contribution in [2.75, 3.05) is 5.73 Å². The highest BCUT2D eigenvalue weighted by atomic mass is 35.5. The first kappa shape index (κ1) is 12.7. The molecule has 2 aromatic carbocycles. The number of hydrogen-bond donors (Lipinski definition) is 2. The molecule has 0 saturated carbocycles. The molecule has 0 atom stereocenters. The normalized spacial score (nSPS) is 10.9. The van der Waals surface area contributed by atoms with E-state index < -0.39 is 5.82 Å². The number of benzene rings is 2. The average molecular weight is 289 g/mol. The zero-order chi connectivity index (χ0) is 14.3. The lowest BCUT2D eigenvalue weighted by atomic mass is 10.0. The minimum Gasteiger partial charge on any atom is -0.399 e. The summed E-state index contributed by atoms with van der Waals surface area (Å²) in [6.45, 7) is 0. The molecule has 5 heteroatoms. The molecule has 3 aromatic rings. The van der Waals surface area contributed by atoms with Crippen LogP contribution in [0.3, 0.4) is 0 Å². The molecule has 1 aromatic heterocycles. The predicted octanol–water partition coefficient (Wildman–Crippen LogP) is 3.77. The Labute approximate surface area is 119 Å². The predicted molar refractivity (Wildman–Crippen MR) is 77.6 cm³/mol. The summed E-state index contributed by atoms with van der Waals surface area (Å²) in [6.07, 6.45) is 1.48. The molecule has 0 fully saturated rings. The molecule has 3 rings (SSSR count). The van der Waals surface area contributed by atoms with Gasteiger partial charge in [-0.2, -0.15) is 0 Å². The van der Waals surface area contributed by atoms with E-state index in [1.54, 1.807) is 24.3 Å². The number of fused-ring (bicyclic) bond motifs is 1. The number of carbonyl (C=O) groups is 1. The van der Waals surface area contributed by atoms with Gasteiger partial charge in [-0.25, -0.2) is 4.39 Å². The summed E-state index contributed by atoms with van der Waals surface area (Å²) in [6, 6.07) is 9.24. The van der Waals surface area contributed by atoms with Gasteiger partial charge in [0.15, 0.2) is 5.78 Å². The number of halogens is 2. The molecule has 0 unspecified atom stereocenters. The highest BCUT2D eigenvalue weighted by Gasteiger charge is 2.19. The van der Waals surface area contributed by atoms with Crippen molar-refractivity contribution >= 4 is 34.0 Å². The molecule has 0 radical (unpaired) electrons. The third kappa shape index (κ3) is 1.94. The van der Waals surface area contributed by atoms with E-state index in [4.69, 9.17) is 17.3 Å². The van der Waals surface area contributed by atoms with Crippen molar-refractivity contribution in [1.29, 1.82) is 0 Å². The Morgan fingerprint density at radius 2 is 2.00 bits per heavy atom. The molecule has 0 aliphatic rings. The van der Waals surface area contributed by atoms with E-state index in [1.165, 1.54) is 18.3 Å². The van der Waals surface area contributed by atoms with E-state index in [-0.39, 0.29) is 27.3 Å². The van der Waals surface area contributed by atoms with Gasteiger partial charge < -0.3 is 10.7 Å². The number of nitrogens with two attached hydrogens (primary N) is 1. The Bertz CT molecular complexity index is 826. The summed E-state index contributed by atoms with van der Waals surface area (Å²) < 4.78 is 13.9. The molecule has 100 valence electrons. The molecule has 0 aliphatic heterocycles. The van der Waals surface area contributed by atoms with Crippen LogP contribution >= 0.6 is 11.6 Å². The number of carbonyl (C=O) groups excluding carboxylic acids is 1. The van der Waals surface area contributed by atoms with Crippen molar-refractivity contribution in [1.82, 2.24) is 4.98 Å². The van der Waals surface area contributed by atoms with Gasteiger partial charge in [-0.15, -0.1) is 0 Å². The van der Waals surface area contributed by atoms with E-state index in [1.807, 2.05) is 0 Å². The Morgan fingerprint density at radius 3 is 2.80 bits per heavy atom. The van der Waals surface area contributed by atoms with Crippen LogP contribution in [0.5, 0.6) is 0 Å². The van der Waals surface area contributed by atoms with E-state index >= 15 is 0 Å². The molecular formula is C15H10ClFN2O. The second-order valence-corrected chi connectivity index (χ2v) is 4.84. The fourth-order valence-corrected chi connectivity index (χ4v) is 2.38. The Balaban J connectivity index is 2.21. The number of H-pyrrole nitrogens is 1. The second kappa shape index (κ2) is 4.65. The number of ketones is 1. The zero-order valence-electron chi connectivity index (χ0n) is 10.3. The van der Waals surface area contributed by atoms with Gasteiger partial charge in [0.25, 0.3) is 0 Å². The number of rotatable bonds is 2. The summed E-state index contributed by atoms with van der Waals surface area (Å²) in [5.74, 6) is -0.814. The van der Waals surface area contributed by atoms with Crippen LogP contribution in [0.25, 0.3) is 10.9 Å². The topological polar surface area (TPSA) is 58.9 Å². The summed E-state index contributed by atoms with van der Waals surface area (Å²) in [5, 5.41) is 0.547. The van der Waals surface area contributed by atoms with E-state index in [2.05, 4.69) is 4.98 Å². The lowest BCUT2D eigenvalue weighted by Gasteiger charge is -2.04. The molecule has 0 aliphatic carbocycles. The van der Waals surface area contributed by atoms with Gasteiger partial charge in [-0.05, 0) is 30.3 Å². The highest BCUT2D eigenvalue weighted by Crippen LogP contribution is 2.27. The van der Waals surface area contributed by atoms with Crippen LogP contribution in [-0.2, 0) is 0 Å². The van der Waals surface area contributed by atoms with Gasteiger partial charge in [-0.1, -0.05) is 17.7 Å². The van der Waals surface area contributed by atoms with Crippen LogP contribution in [0.15, 0.2) is 42.6 Å². The van der Waals surface area contributed by atoms with Gasteiger partial charge in [-0.3, -0.25) is 4.79 Å². The Hall–Kier alpha value is -2.33. The fourth-order valence-electron chi connectivity index (χ4n) is 2.18. The number of nitrogen functional groups attached to an aromatic ring is 1. The van der Waals surface area contributed by atoms with E-state index in [0.717, 1.165) is 0 Å². The summed E-state index contributed by atoms with van der Waals surface area (Å²) in [5.41, 5.74) is 7.16. The SMILES string of the molecule is Nc1ccc(Cl)c(C(=O)c2c[nH]c3cccc(F)c23)c1. The van der Waals surface area contributed by atoms with Gasteiger partial charge >= 0.3 is 0 Å². The monoisotopic (exact) mass is 288 g/mol. The lowest BCUT2D eigenvalue weighted by molar-refractivity contribution is 0.104. The largest absolute Gasteiger partial charge is 0.399 e. The lowest BCUT2D eigenvalue weighted by Crippen LogP contribution is -2.03. The maximum atomic E-state index is 13.9. The van der Waals surface area contributed by atoms with Crippen LogP contribution in [0.2, 0.25) is 5.02 Å². The summed E-state index contributed by atoms with van der Waals surface area (Å²) >= 11 is 6.02. The van der Waals surface area contributed by atoms with Crippen molar-refractivity contribution in [2.24, 2.45) is 0 Å². The molecule has 20 heavy (non-hydrogen) atoms. The number of hydrogen-bond acceptors (Lipinski definition) is 2. The number of nitrogens with one attached hydrogen (secondary N) is 1. The van der Waals surface area contributed by atoms with Gasteiger partial charge in [0, 0.05) is 28.4 Å². The maximum absolute atomic E-state index is 13.9. The second-order valence-electron chi connectivity index (χ2n) is 4.43. The van der Waals surface area contributed by atoms with Crippen molar-refractivity contribution < 1.29 is 9.18 Å². The van der Waals surface area contributed by atoms with Crippen LogP contribution in [0.4, 0.5) is 10.1 Å². The van der Waals surface area contributed by atoms with Gasteiger partial charge in [0.05, 0.1) is 10.6 Å². The third-order valence-electron chi connectivity index (χ3n) is 3.13. The first-order chi connectivity index (χ1) is 9.58. The average Bonchev–Trinajstić information content (AvgIpc) is 2.86. The quantitative estimate of drug-likeness (QED) is 0.557. The molecule has 3 N–H and O–H groups in total. The van der Waals surface area contributed by atoms with Crippen LogP contribution in [0, 0.1) is 5.82 Å². The number of aromatic amines is 1. The summed E-state index contributed by atoms with van der Waals surface area (Å²) in [4.78, 5) is 15.4. The van der Waals surface area contributed by atoms with Crippen molar-refractivity contribution in [3.8, 4) is 0 Å². The zero-order valence-corrected chi connectivity index (χ0v) is 11.0. The van der Waals surface area contributed by atoms with E-state index in [0.29, 0.717) is 11.2 Å². The van der Waals surface area contributed by atoms with Crippen molar-refractivity contribution in [3.63, 3.8) is 0 Å². The van der Waals surface area contributed by atoms with E-state index in [9.17, 15) is 9.18 Å². The van der Waals surface area contributed by atoms with Crippen LogP contribution < -0.4 is 5.73 Å². The molecular weight excluding hydrogens is 279 g/mol.